The highest BCUT2D eigenvalue weighted by Gasteiger charge is 2.17. The van der Waals surface area contributed by atoms with Gasteiger partial charge in [-0.15, -0.1) is 0 Å². The predicted octanol–water partition coefficient (Wildman–Crippen LogP) is 3.82. The van der Waals surface area contributed by atoms with Crippen molar-refractivity contribution in [1.29, 1.82) is 0 Å². The number of halogens is 5. The number of hydrogen-bond donors (Lipinski definition) is 1. The molecular weight excluding hydrogens is 310 g/mol. The van der Waals surface area contributed by atoms with Crippen molar-refractivity contribution >= 4 is 28.6 Å². The first-order valence-corrected chi connectivity index (χ1v) is 6.04. The maximum absolute atomic E-state index is 13.6. The first-order valence-electron chi connectivity index (χ1n) is 5.66. The monoisotopic (exact) mass is 315 g/mol. The second-order valence-corrected chi connectivity index (χ2v) is 4.69. The number of fused-ring (bicyclic) bond motifs is 1. The summed E-state index contributed by atoms with van der Waals surface area (Å²) >= 11 is 5.63. The molecule has 1 heterocycles. The summed E-state index contributed by atoms with van der Waals surface area (Å²) < 4.78 is 54.3. The Morgan fingerprint density at radius 3 is 2.19 bits per heavy atom. The maximum Gasteiger partial charge on any atom is 0.205 e. The van der Waals surface area contributed by atoms with Crippen molar-refractivity contribution in [2.24, 2.45) is 0 Å². The predicted molar refractivity (Wildman–Crippen MR) is 70.3 cm³/mol. The fraction of sp³-hybridized carbons (Fsp3) is 0. The van der Waals surface area contributed by atoms with Crippen molar-refractivity contribution < 1.29 is 17.6 Å². The molecule has 0 radical (unpaired) electrons. The smallest absolute Gasteiger partial charge is 0.205 e. The van der Waals surface area contributed by atoms with Gasteiger partial charge in [0.25, 0.3) is 0 Å². The van der Waals surface area contributed by atoms with Gasteiger partial charge in [0.15, 0.2) is 17.5 Å². The van der Waals surface area contributed by atoms with E-state index < -0.39 is 23.3 Å². The van der Waals surface area contributed by atoms with Crippen molar-refractivity contribution in [1.82, 2.24) is 9.55 Å². The second-order valence-electron chi connectivity index (χ2n) is 4.28. The lowest BCUT2D eigenvalue weighted by molar-refractivity contribution is 0.446. The molecule has 3 nitrogen and oxygen atoms in total. The molecule has 0 aliphatic carbocycles. The van der Waals surface area contributed by atoms with Crippen LogP contribution in [0.4, 0.5) is 23.5 Å². The third kappa shape index (κ3) is 2.09. The number of aromatic nitrogens is 2. The number of anilines is 1. The lowest BCUT2D eigenvalue weighted by Gasteiger charge is -2.08. The zero-order valence-corrected chi connectivity index (χ0v) is 10.9. The van der Waals surface area contributed by atoms with E-state index in [-0.39, 0.29) is 27.7 Å². The minimum Gasteiger partial charge on any atom is -0.369 e. The van der Waals surface area contributed by atoms with Crippen LogP contribution in [0.5, 0.6) is 0 Å². The fourth-order valence-corrected chi connectivity index (χ4v) is 2.19. The molecule has 8 heteroatoms. The van der Waals surface area contributed by atoms with Gasteiger partial charge in [0.1, 0.15) is 5.82 Å². The molecule has 3 rings (SSSR count). The van der Waals surface area contributed by atoms with Crippen LogP contribution in [0.15, 0.2) is 24.3 Å². The Labute approximate surface area is 120 Å². The van der Waals surface area contributed by atoms with E-state index in [0.717, 1.165) is 22.8 Å². The van der Waals surface area contributed by atoms with Crippen LogP contribution in [0.1, 0.15) is 0 Å². The van der Waals surface area contributed by atoms with Crippen molar-refractivity contribution in [2.75, 3.05) is 5.73 Å². The zero-order valence-electron chi connectivity index (χ0n) is 10.2. The van der Waals surface area contributed by atoms with E-state index in [1.165, 1.54) is 6.07 Å². The Balaban J connectivity index is 2.34. The van der Waals surface area contributed by atoms with E-state index in [2.05, 4.69) is 4.98 Å². The molecule has 0 amide bonds. The molecule has 0 fully saturated rings. The van der Waals surface area contributed by atoms with Gasteiger partial charge in [-0.2, -0.15) is 0 Å². The molecule has 21 heavy (non-hydrogen) atoms. The van der Waals surface area contributed by atoms with Crippen LogP contribution >= 0.6 is 11.6 Å². The molecule has 0 unspecified atom stereocenters. The normalized spacial score (nSPS) is 11.3. The van der Waals surface area contributed by atoms with E-state index in [4.69, 9.17) is 17.3 Å². The summed E-state index contributed by atoms with van der Waals surface area (Å²) in [5, 5.41) is -0.163. The SMILES string of the molecule is Nc1nc2cc(Cl)c(F)cc2n1-c1cc(F)c(F)c(F)c1. The first kappa shape index (κ1) is 13.7. The molecule has 2 N–H and O–H groups in total. The van der Waals surface area contributed by atoms with Crippen LogP contribution in [0.25, 0.3) is 16.7 Å². The van der Waals surface area contributed by atoms with Crippen molar-refractivity contribution in [3.63, 3.8) is 0 Å². The first-order chi connectivity index (χ1) is 9.88. The average molecular weight is 316 g/mol. The second kappa shape index (κ2) is 4.63. The summed E-state index contributed by atoms with van der Waals surface area (Å²) in [4.78, 5) is 3.92. The van der Waals surface area contributed by atoms with Crippen LogP contribution in [0, 0.1) is 23.3 Å². The Hall–Kier alpha value is -2.28. The van der Waals surface area contributed by atoms with Crippen LogP contribution in [-0.4, -0.2) is 9.55 Å². The number of nitrogen functional groups attached to an aromatic ring is 1. The third-order valence-corrected chi connectivity index (χ3v) is 3.24. The molecule has 3 aromatic rings. The molecule has 0 spiro atoms. The lowest BCUT2D eigenvalue weighted by Crippen LogP contribution is -2.03. The highest BCUT2D eigenvalue weighted by Crippen LogP contribution is 2.28. The molecule has 0 saturated heterocycles. The van der Waals surface area contributed by atoms with Gasteiger partial charge in [-0.3, -0.25) is 4.57 Å². The quantitative estimate of drug-likeness (QED) is 0.548. The van der Waals surface area contributed by atoms with Crippen molar-refractivity contribution in [3.05, 3.63) is 52.6 Å². The number of nitrogens with two attached hydrogens (primary N) is 1. The number of imidazole rings is 1. The van der Waals surface area contributed by atoms with Crippen LogP contribution < -0.4 is 5.73 Å². The summed E-state index contributed by atoms with van der Waals surface area (Å²) in [6.07, 6.45) is 0. The third-order valence-electron chi connectivity index (χ3n) is 2.95. The topological polar surface area (TPSA) is 43.8 Å². The molecule has 108 valence electrons. The number of nitrogens with zero attached hydrogens (tertiary/aromatic N) is 2. The van der Waals surface area contributed by atoms with E-state index in [1.807, 2.05) is 0 Å². The number of rotatable bonds is 1. The van der Waals surface area contributed by atoms with Crippen molar-refractivity contribution in [3.8, 4) is 5.69 Å². The number of hydrogen-bond acceptors (Lipinski definition) is 2. The average Bonchev–Trinajstić information content (AvgIpc) is 2.71. The molecule has 0 aliphatic heterocycles. The van der Waals surface area contributed by atoms with Gasteiger partial charge in [-0.25, -0.2) is 22.5 Å². The van der Waals surface area contributed by atoms with Gasteiger partial charge < -0.3 is 5.73 Å². The van der Waals surface area contributed by atoms with E-state index >= 15 is 0 Å². The minimum atomic E-state index is -1.60. The van der Waals surface area contributed by atoms with E-state index in [0.29, 0.717) is 0 Å². The lowest BCUT2D eigenvalue weighted by atomic mass is 10.2. The number of benzene rings is 2. The molecular formula is C13H6ClF4N3. The molecule has 0 atom stereocenters. The van der Waals surface area contributed by atoms with Crippen LogP contribution in [0.2, 0.25) is 5.02 Å². The van der Waals surface area contributed by atoms with E-state index in [1.54, 1.807) is 0 Å². The summed E-state index contributed by atoms with van der Waals surface area (Å²) in [5.74, 6) is -5.26. The highest BCUT2D eigenvalue weighted by atomic mass is 35.5. The van der Waals surface area contributed by atoms with Crippen molar-refractivity contribution in [2.45, 2.75) is 0 Å². The van der Waals surface area contributed by atoms with Crippen LogP contribution in [0.3, 0.4) is 0 Å². The summed E-state index contributed by atoms with van der Waals surface area (Å²) in [6, 6.07) is 3.74. The van der Waals surface area contributed by atoms with Crippen LogP contribution in [-0.2, 0) is 0 Å². The fourth-order valence-electron chi connectivity index (χ4n) is 2.03. The highest BCUT2D eigenvalue weighted by molar-refractivity contribution is 6.31. The Morgan fingerprint density at radius 1 is 0.952 bits per heavy atom. The van der Waals surface area contributed by atoms with Gasteiger partial charge in [0.05, 0.1) is 21.7 Å². The summed E-state index contributed by atoms with van der Waals surface area (Å²) in [6.45, 7) is 0. The summed E-state index contributed by atoms with van der Waals surface area (Å²) in [5.41, 5.74) is 5.95. The molecule has 2 aromatic carbocycles. The Bertz CT molecular complexity index is 852. The van der Waals surface area contributed by atoms with Gasteiger partial charge in [-0.05, 0) is 6.07 Å². The van der Waals surface area contributed by atoms with Gasteiger partial charge in [0.2, 0.25) is 5.95 Å². The van der Waals surface area contributed by atoms with E-state index in [9.17, 15) is 17.6 Å². The Kier molecular flexibility index (Phi) is 3.02. The van der Waals surface area contributed by atoms with Gasteiger partial charge in [-0.1, -0.05) is 11.6 Å². The van der Waals surface area contributed by atoms with Gasteiger partial charge >= 0.3 is 0 Å². The largest absolute Gasteiger partial charge is 0.369 e. The molecule has 0 saturated carbocycles. The minimum absolute atomic E-state index is 0.117. The Morgan fingerprint density at radius 2 is 1.57 bits per heavy atom. The maximum atomic E-state index is 13.6. The molecule has 1 aromatic heterocycles. The molecule has 0 bridgehead atoms. The zero-order chi connectivity index (χ0) is 15.3. The standard InChI is InChI=1S/C13H6ClF4N3/c14-6-3-10-11(4-7(6)15)21(13(19)20-10)5-1-8(16)12(18)9(17)2-5/h1-4H,(H2,19,20). The molecule has 0 aliphatic rings. The summed E-state index contributed by atoms with van der Waals surface area (Å²) in [7, 11) is 0. The van der Waals surface area contributed by atoms with Gasteiger partial charge in [0, 0.05) is 18.2 Å².